The molecule has 0 aromatic rings. The number of alkyl carbamates (subject to hydrolysis) is 1. The lowest BCUT2D eigenvalue weighted by Gasteiger charge is -2.65. The average molecular weight is 1370 g/mol. The first-order chi connectivity index (χ1) is 45.8. The molecule has 0 bridgehead atoms. The van der Waals surface area contributed by atoms with Crippen molar-refractivity contribution in [3.63, 3.8) is 0 Å². The number of ether oxygens (including phenoxy) is 5. The van der Waals surface area contributed by atoms with Crippen LogP contribution in [-0.2, 0) is 38.1 Å². The maximum Gasteiger partial charge on any atom is 0.408 e. The minimum Gasteiger partial charge on any atom is -0.458 e. The van der Waals surface area contributed by atoms with E-state index in [-0.39, 0.29) is 120 Å². The van der Waals surface area contributed by atoms with Crippen molar-refractivity contribution in [3.8, 4) is 24.7 Å². The summed E-state index contributed by atoms with van der Waals surface area (Å²) < 4.78 is 26.4. The molecule has 10 N–H and O–H groups in total. The largest absolute Gasteiger partial charge is 0.458 e. The van der Waals surface area contributed by atoms with Gasteiger partial charge < -0.3 is 70.5 Å². The van der Waals surface area contributed by atoms with Gasteiger partial charge in [-0.1, -0.05) is 53.4 Å². The van der Waals surface area contributed by atoms with E-state index in [0.29, 0.717) is 75.3 Å². The number of carbonyl (C=O) groups excluding carboxylic acids is 5. The fraction of sp³-hybridized carbons (Fsp3) is 0.805. The number of aliphatic hydroxyl groups excluding tert-OH is 4. The molecule has 0 radical (unpaired) electrons. The van der Waals surface area contributed by atoms with Crippen molar-refractivity contribution in [2.45, 2.75) is 249 Å². The molecule has 0 unspecified atom stereocenters. The Morgan fingerprint density at radius 3 is 1.16 bits per heavy atom. The van der Waals surface area contributed by atoms with Gasteiger partial charge in [-0.3, -0.25) is 0 Å². The molecule has 12 fully saturated rings. The lowest BCUT2D eigenvalue weighted by molar-refractivity contribution is -0.245. The van der Waals surface area contributed by atoms with Crippen LogP contribution in [-0.4, -0.2) is 152 Å². The summed E-state index contributed by atoms with van der Waals surface area (Å²) in [5.41, 5.74) is 2.08. The molecule has 0 aromatic carbocycles. The molecule has 12 saturated carbocycles. The topological polar surface area (TPSA) is 311 Å². The van der Waals surface area contributed by atoms with Crippen molar-refractivity contribution in [3.05, 3.63) is 34.9 Å². The number of aliphatic hydroxyl groups is 7. The molecule has 3 heterocycles. The van der Waals surface area contributed by atoms with Gasteiger partial charge in [0.15, 0.2) is 0 Å². The molecule has 0 aromatic heterocycles. The molecule has 12 aliphatic carbocycles. The molecule has 0 spiro atoms. The second-order valence-electron chi connectivity index (χ2n) is 34.1. The molecule has 15 aliphatic rings. The summed E-state index contributed by atoms with van der Waals surface area (Å²) in [5.74, 6) is 5.97. The second kappa shape index (κ2) is 26.7. The van der Waals surface area contributed by atoms with Gasteiger partial charge in [-0.2, -0.15) is 0 Å². The molecule has 19 nitrogen and oxygen atoms in total. The Morgan fingerprint density at radius 1 is 0.505 bits per heavy atom. The lowest BCUT2D eigenvalue weighted by Crippen LogP contribution is -2.67. The molecule has 27 atom stereocenters. The third-order valence-electron chi connectivity index (χ3n) is 31.1. The average Bonchev–Trinajstić information content (AvgIpc) is 1.62. The quantitative estimate of drug-likeness (QED) is 0.0518. The summed E-state index contributed by atoms with van der Waals surface area (Å²) in [5, 5.41) is 83.9. The normalized spacial score (nSPS) is 49.3. The van der Waals surface area contributed by atoms with E-state index in [0.717, 1.165) is 132 Å². The number of nitrogens with two attached hydrogens (primary N) is 1. The first-order valence-corrected chi connectivity index (χ1v) is 37.1. The highest BCUT2D eigenvalue weighted by atomic mass is 35.5. The molecule has 20 heteroatoms. The van der Waals surface area contributed by atoms with Gasteiger partial charge in [0, 0.05) is 46.1 Å². The Morgan fingerprint density at radius 2 is 0.845 bits per heavy atom. The molecule has 15 rings (SSSR count). The van der Waals surface area contributed by atoms with Crippen LogP contribution in [0.25, 0.3) is 0 Å². The van der Waals surface area contributed by atoms with Crippen molar-refractivity contribution in [2.75, 3.05) is 32.9 Å². The maximum atomic E-state index is 12.3. The van der Waals surface area contributed by atoms with Crippen LogP contribution in [0, 0.1) is 128 Å². The van der Waals surface area contributed by atoms with Gasteiger partial charge in [0.25, 0.3) is 0 Å². The highest BCUT2D eigenvalue weighted by Gasteiger charge is 2.74. The number of amides is 1. The number of fused-ring (bicyclic) bond motifs is 15. The first-order valence-electron chi connectivity index (χ1n) is 36.7. The third kappa shape index (κ3) is 11.6. The summed E-state index contributed by atoms with van der Waals surface area (Å²) in [7, 11) is 0. The highest BCUT2D eigenvalue weighted by molar-refractivity contribution is 6.61. The van der Waals surface area contributed by atoms with Gasteiger partial charge in [-0.15, -0.1) is 12.8 Å². The van der Waals surface area contributed by atoms with Crippen molar-refractivity contribution in [2.24, 2.45) is 109 Å². The van der Waals surface area contributed by atoms with E-state index in [1.165, 1.54) is 0 Å². The fourth-order valence-corrected chi connectivity index (χ4v) is 25.9. The fourth-order valence-electron chi connectivity index (χ4n) is 25.7. The number of hydrogen-bond acceptors (Lipinski definition) is 18. The van der Waals surface area contributed by atoms with Gasteiger partial charge in [0.2, 0.25) is 0 Å². The second-order valence-corrected chi connectivity index (χ2v) is 34.4. The highest BCUT2D eigenvalue weighted by Crippen LogP contribution is 2.74. The van der Waals surface area contributed by atoms with Crippen molar-refractivity contribution < 1.29 is 83.4 Å². The van der Waals surface area contributed by atoms with E-state index in [4.69, 9.17) is 47.4 Å². The van der Waals surface area contributed by atoms with Gasteiger partial charge in [-0.05, 0) is 258 Å². The third-order valence-corrected chi connectivity index (χ3v) is 31.2. The Balaban J connectivity index is 0.000000135. The zero-order valence-electron chi connectivity index (χ0n) is 58.0. The Bertz CT molecular complexity index is 3250. The minimum absolute atomic E-state index is 0.0000325. The zero-order valence-corrected chi connectivity index (χ0v) is 58.7. The Kier molecular flexibility index (Phi) is 19.9. The number of hydrogen-bond donors (Lipinski definition) is 9. The van der Waals surface area contributed by atoms with Crippen LogP contribution in [0.15, 0.2) is 34.9 Å². The SMILES string of the molecule is C#CCN.C#CCNC(=O)O[C@H]1CC[C@@]2(C)[C@H](CC[C@@H]3[C@@H]2C[C@@H](O)[C@]2(C)[C@@H](C4=CC(=O)OC4)CC[C@]32O)C1.C[C@]12CC[C@H](O)C[C@H]1CC[C@@H]1[C@@H]2C[C@@H](O)[C@]2(C)[C@@H](C3=CC(=O)OC3)CC[C@]12O.C[C@]12CC[C@H](OC(=O)Cl)C[C@H]1CC[C@@H]1[C@@H]2C[C@@H](O)[C@]2(C)[C@@H](C3=CC(=O)OC3)CC[C@]12O. The smallest absolute Gasteiger partial charge is 0.408 e. The number of cyclic esters (lactones) is 3. The summed E-state index contributed by atoms with van der Waals surface area (Å²) >= 11 is 5.46. The van der Waals surface area contributed by atoms with Gasteiger partial charge >= 0.3 is 29.4 Å². The minimum atomic E-state index is -0.969. The lowest BCUT2D eigenvalue weighted by atomic mass is 9.42. The van der Waals surface area contributed by atoms with Crippen LogP contribution in [0.2, 0.25) is 0 Å². The molecule has 1 amide bonds. The maximum absolute atomic E-state index is 12.3. The Labute approximate surface area is 577 Å². The summed E-state index contributed by atoms with van der Waals surface area (Å²) in [6.07, 6.45) is 31.6. The van der Waals surface area contributed by atoms with Gasteiger partial charge in [0.1, 0.15) is 32.0 Å². The monoisotopic (exact) mass is 1370 g/mol. The van der Waals surface area contributed by atoms with E-state index < -0.39 is 62.9 Å². The summed E-state index contributed by atoms with van der Waals surface area (Å²) in [6.45, 7) is 14.4. The molecule has 3 aliphatic heterocycles. The van der Waals surface area contributed by atoms with Gasteiger partial charge in [-0.25, -0.2) is 24.0 Å². The molecule has 536 valence electrons. The van der Waals surface area contributed by atoms with Gasteiger partial charge in [0.05, 0.1) is 54.3 Å². The molecule has 0 saturated heterocycles. The number of halogens is 1. The van der Waals surface area contributed by atoms with Crippen LogP contribution in [0.5, 0.6) is 0 Å². The van der Waals surface area contributed by atoms with Crippen molar-refractivity contribution in [1.82, 2.24) is 5.32 Å². The standard InChI is InChI=1S/C27H37NO6.C24H33ClO6.C23H34O5.C3H5N/c1-4-11-28-24(31)34-18-7-9-25(2)17(13-18)5-6-20-21(25)14-22(29)26(3)19(8-10-27(20,26)32)16-12-23(30)33-15-16;1-22-7-5-15(31-21(25)28)10-14(22)3-4-17-18(22)11-19(26)23(2)16(6-8-24(17,23)29)13-9-20(27)30-12-13;1-21-7-5-15(24)10-14(21)3-4-17-18(21)11-19(25)22(2)16(6-8-23(17,22)27)13-9-20(26)28-12-13;1-2-3-4/h1,12,17-22,29,32H,5-11,13-15H2,2-3H3,(H,28,31);9,14-19,26,29H,3-8,10-12H2,1-2H3;9,14-19,24-25,27H,3-8,10-12H2,1-2H3;1H,3-4H2/t17-,18+,19-,20-,21+,22-,25+,26+,27+;14-,15+,16-,17-,18+,19-,22+,23+,24+;14-,15+,16-,17-,18+,19-,21+,22+,23+;/m111./s1. The van der Waals surface area contributed by atoms with Crippen LogP contribution in [0.3, 0.4) is 0 Å². The van der Waals surface area contributed by atoms with Crippen LogP contribution in [0.4, 0.5) is 9.59 Å². The Hall–Kier alpha value is -4.54. The number of esters is 3. The summed E-state index contributed by atoms with van der Waals surface area (Å²) in [4.78, 5) is 58.3. The van der Waals surface area contributed by atoms with Crippen molar-refractivity contribution >= 4 is 41.0 Å². The molecule has 97 heavy (non-hydrogen) atoms. The van der Waals surface area contributed by atoms with Crippen LogP contribution >= 0.6 is 11.6 Å². The van der Waals surface area contributed by atoms with E-state index in [9.17, 15) is 59.7 Å². The van der Waals surface area contributed by atoms with E-state index in [1.807, 2.05) is 20.8 Å². The molecular weight excluding hydrogens is 1260 g/mol. The van der Waals surface area contributed by atoms with E-state index >= 15 is 0 Å². The van der Waals surface area contributed by atoms with Crippen molar-refractivity contribution in [1.29, 1.82) is 0 Å². The number of carbonyl (C=O) groups is 5. The first kappa shape index (κ1) is 72.3. The van der Waals surface area contributed by atoms with E-state index in [1.54, 1.807) is 18.2 Å². The number of terminal acetylenes is 2. The number of nitrogens with one attached hydrogen (secondary N) is 1. The predicted octanol–water partition coefficient (Wildman–Crippen LogP) is 9.05. The number of rotatable bonds is 6. The molecular formula is C77H109ClN2O17. The zero-order chi connectivity index (χ0) is 69.8. The predicted molar refractivity (Wildman–Crippen MR) is 358 cm³/mol. The van der Waals surface area contributed by atoms with E-state index in [2.05, 4.69) is 44.4 Å². The van der Waals surface area contributed by atoms with Crippen LogP contribution in [0.1, 0.15) is 196 Å². The van der Waals surface area contributed by atoms with Crippen LogP contribution < -0.4 is 11.1 Å². The summed E-state index contributed by atoms with van der Waals surface area (Å²) in [6, 6.07) is 0.